The normalized spacial score (nSPS) is 33.5. The summed E-state index contributed by atoms with van der Waals surface area (Å²) in [5, 5.41) is 12.0. The topological polar surface area (TPSA) is 74.7 Å². The third-order valence-electron chi connectivity index (χ3n) is 9.52. The quantitative estimate of drug-likeness (QED) is 0.553. The molecule has 2 fully saturated rings. The number of aliphatic hydroxyl groups is 1. The number of benzene rings is 1. The van der Waals surface area contributed by atoms with Crippen molar-refractivity contribution in [2.45, 2.75) is 82.1 Å². The summed E-state index contributed by atoms with van der Waals surface area (Å²) in [6, 6.07) is 7.33. The molecule has 37 heavy (non-hydrogen) atoms. The largest absolute Gasteiger partial charge is 0.377 e. The smallest absolute Gasteiger partial charge is 0.242 e. The molecule has 4 aliphatic carbocycles. The maximum Gasteiger partial charge on any atom is 0.242 e. The Morgan fingerprint density at radius 2 is 1.78 bits per heavy atom. The Labute approximate surface area is 222 Å². The number of allylic oxidation sites excluding steroid dienone is 4. The van der Waals surface area contributed by atoms with Gasteiger partial charge in [-0.1, -0.05) is 50.3 Å². The molecule has 1 N–H and O–H groups in total. The predicted octanol–water partition coefficient (Wildman–Crippen LogP) is 5.23. The maximum atomic E-state index is 12.7. The molecule has 0 heterocycles. The van der Waals surface area contributed by atoms with Crippen molar-refractivity contribution in [1.82, 2.24) is 4.31 Å². The van der Waals surface area contributed by atoms with Gasteiger partial charge in [-0.2, -0.15) is 0 Å². The highest BCUT2D eigenvalue weighted by Gasteiger charge is 2.62. The molecule has 5 atom stereocenters. The molecule has 6 heteroatoms. The van der Waals surface area contributed by atoms with E-state index in [0.29, 0.717) is 24.7 Å². The van der Waals surface area contributed by atoms with E-state index >= 15 is 0 Å². The Balaban J connectivity index is 1.65. The molecule has 0 saturated heterocycles. The van der Waals surface area contributed by atoms with E-state index in [4.69, 9.17) is 0 Å². The Morgan fingerprint density at radius 3 is 2.43 bits per heavy atom. The van der Waals surface area contributed by atoms with Crippen LogP contribution in [0.15, 0.2) is 52.0 Å². The molecule has 1 aromatic carbocycles. The number of hydrogen-bond donors (Lipinski definition) is 1. The molecule has 1 aromatic rings. The maximum absolute atomic E-state index is 12.7. The first-order valence-electron chi connectivity index (χ1n) is 13.6. The average Bonchev–Trinajstić information content (AvgIpc) is 3.12. The second kappa shape index (κ2) is 9.22. The third kappa shape index (κ3) is 4.24. The molecule has 198 valence electrons. The van der Waals surface area contributed by atoms with Gasteiger partial charge < -0.3 is 5.11 Å². The minimum absolute atomic E-state index is 0.0553. The van der Waals surface area contributed by atoms with Gasteiger partial charge in [0, 0.05) is 37.8 Å². The van der Waals surface area contributed by atoms with Crippen LogP contribution in [-0.4, -0.2) is 43.3 Å². The first-order valence-corrected chi connectivity index (χ1v) is 15.1. The molecule has 0 aliphatic heterocycles. The van der Waals surface area contributed by atoms with E-state index in [2.05, 4.69) is 32.6 Å². The van der Waals surface area contributed by atoms with Gasteiger partial charge in [0.2, 0.25) is 10.0 Å². The predicted molar refractivity (Wildman–Crippen MR) is 145 cm³/mol. The zero-order valence-electron chi connectivity index (χ0n) is 22.7. The van der Waals surface area contributed by atoms with Gasteiger partial charge in [-0.3, -0.25) is 4.79 Å². The lowest BCUT2D eigenvalue weighted by Crippen LogP contribution is -2.51. The minimum atomic E-state index is -3.52. The molecule has 4 aliphatic rings. The summed E-state index contributed by atoms with van der Waals surface area (Å²) in [7, 11) is -0.430. The highest BCUT2D eigenvalue weighted by molar-refractivity contribution is 7.89. The van der Waals surface area contributed by atoms with Crippen molar-refractivity contribution in [2.75, 3.05) is 14.1 Å². The van der Waals surface area contributed by atoms with E-state index < -0.39 is 15.6 Å². The zero-order chi connectivity index (χ0) is 26.8. The van der Waals surface area contributed by atoms with Crippen LogP contribution in [0.2, 0.25) is 0 Å². The lowest BCUT2D eigenvalue weighted by molar-refractivity contribution is -0.114. The van der Waals surface area contributed by atoms with Gasteiger partial charge in [-0.25, -0.2) is 12.7 Å². The van der Waals surface area contributed by atoms with Crippen molar-refractivity contribution in [3.05, 3.63) is 52.6 Å². The Bertz CT molecular complexity index is 1340. The molecule has 5 nitrogen and oxygen atoms in total. The lowest BCUT2D eigenvalue weighted by atomic mass is 9.51. The van der Waals surface area contributed by atoms with Gasteiger partial charge in [-0.05, 0) is 85.3 Å². The van der Waals surface area contributed by atoms with Crippen LogP contribution in [0.1, 0.15) is 77.2 Å². The van der Waals surface area contributed by atoms with Gasteiger partial charge in [0.25, 0.3) is 0 Å². The van der Waals surface area contributed by atoms with Crippen LogP contribution in [0.4, 0.5) is 0 Å². The highest BCUT2D eigenvalue weighted by Crippen LogP contribution is 2.66. The van der Waals surface area contributed by atoms with Crippen LogP contribution in [0.5, 0.6) is 0 Å². The second-order valence-electron chi connectivity index (χ2n) is 12.2. The average molecular weight is 522 g/mol. The van der Waals surface area contributed by atoms with Crippen molar-refractivity contribution in [3.8, 4) is 11.8 Å². The number of hydrogen-bond acceptors (Lipinski definition) is 4. The lowest BCUT2D eigenvalue weighted by Gasteiger charge is -2.53. The van der Waals surface area contributed by atoms with E-state index in [0.717, 1.165) is 37.7 Å². The Hall–Kier alpha value is -2.20. The fraction of sp³-hybridized carbons (Fsp3) is 0.581. The second-order valence-corrected chi connectivity index (χ2v) is 14.3. The molecule has 0 spiro atoms. The Kier molecular flexibility index (Phi) is 6.58. The van der Waals surface area contributed by atoms with Crippen molar-refractivity contribution in [2.24, 2.45) is 23.2 Å². The number of carbonyl (C=O) groups is 1. The molecule has 0 aromatic heterocycles. The fourth-order valence-electron chi connectivity index (χ4n) is 7.52. The molecular formula is C31H39NO4S. The SMILES string of the molecule is CC(C)C#C[C@]1(O)CC[C@H]2[C@@H]3CCC4=CC(=O)CCC4=C3[C@@H](c3ccc(S(=O)(=O)N(C)C)cc3)C[C@@]21C. The Morgan fingerprint density at radius 1 is 1.08 bits per heavy atom. The zero-order valence-corrected chi connectivity index (χ0v) is 23.5. The van der Waals surface area contributed by atoms with Crippen molar-refractivity contribution in [3.63, 3.8) is 0 Å². The van der Waals surface area contributed by atoms with Crippen molar-refractivity contribution < 1.29 is 18.3 Å². The fourth-order valence-corrected chi connectivity index (χ4v) is 8.42. The first-order chi connectivity index (χ1) is 17.4. The summed E-state index contributed by atoms with van der Waals surface area (Å²) in [4.78, 5) is 12.5. The van der Waals surface area contributed by atoms with E-state index in [1.807, 2.05) is 18.2 Å². The summed E-state index contributed by atoms with van der Waals surface area (Å²) < 4.78 is 26.6. The monoisotopic (exact) mass is 521 g/mol. The molecule has 0 amide bonds. The standard InChI is InChI=1S/C31H39NO4S/c1-20(2)14-16-31(34)17-15-28-26-12-8-22-18-23(33)9-13-25(22)29(26)27(19-30(28,31)3)21-6-10-24(11-7-21)37(35,36)32(4)5/h6-7,10-11,18,20,26-28,34H,8-9,12-13,15,17,19H2,1-5H3/t26-,27+,28-,30-,31-/m0/s1. The van der Waals surface area contributed by atoms with Crippen LogP contribution < -0.4 is 0 Å². The van der Waals surface area contributed by atoms with Gasteiger partial charge in [0.15, 0.2) is 5.78 Å². The first kappa shape index (κ1) is 26.4. The van der Waals surface area contributed by atoms with E-state index in [1.54, 1.807) is 26.2 Å². The van der Waals surface area contributed by atoms with Crippen LogP contribution >= 0.6 is 0 Å². The number of sulfonamides is 1. The van der Waals surface area contributed by atoms with Crippen LogP contribution in [0.25, 0.3) is 0 Å². The third-order valence-corrected chi connectivity index (χ3v) is 11.3. The van der Waals surface area contributed by atoms with Crippen LogP contribution in [-0.2, 0) is 14.8 Å². The van der Waals surface area contributed by atoms with Gasteiger partial charge >= 0.3 is 0 Å². The van der Waals surface area contributed by atoms with Crippen LogP contribution in [0, 0.1) is 35.0 Å². The molecule has 0 radical (unpaired) electrons. The number of rotatable bonds is 3. The van der Waals surface area contributed by atoms with Crippen LogP contribution in [0.3, 0.4) is 0 Å². The summed E-state index contributed by atoms with van der Waals surface area (Å²) in [5.41, 5.74) is 3.63. The van der Waals surface area contributed by atoms with E-state index in [1.165, 1.54) is 21.0 Å². The molecule has 5 rings (SSSR count). The van der Waals surface area contributed by atoms with Gasteiger partial charge in [0.05, 0.1) is 4.90 Å². The number of nitrogens with zero attached hydrogens (tertiary/aromatic N) is 1. The summed E-state index contributed by atoms with van der Waals surface area (Å²) in [5.74, 6) is 7.72. The van der Waals surface area contributed by atoms with Crippen molar-refractivity contribution in [1.29, 1.82) is 0 Å². The molecular weight excluding hydrogens is 482 g/mol. The molecule has 0 unspecified atom stereocenters. The van der Waals surface area contributed by atoms with Crippen molar-refractivity contribution >= 4 is 15.8 Å². The summed E-state index contributed by atoms with van der Waals surface area (Å²) in [6.07, 6.45) is 7.47. The summed E-state index contributed by atoms with van der Waals surface area (Å²) in [6.45, 7) is 6.34. The van der Waals surface area contributed by atoms with E-state index in [-0.39, 0.29) is 27.9 Å². The van der Waals surface area contributed by atoms with E-state index in [9.17, 15) is 18.3 Å². The van der Waals surface area contributed by atoms with Gasteiger partial charge in [0.1, 0.15) is 5.60 Å². The van der Waals surface area contributed by atoms with Gasteiger partial charge in [-0.15, -0.1) is 0 Å². The number of carbonyl (C=O) groups excluding carboxylic acids is 1. The highest BCUT2D eigenvalue weighted by atomic mass is 32.2. The number of fused-ring (bicyclic) bond motifs is 4. The molecule has 0 bridgehead atoms. The molecule has 2 saturated carbocycles. The summed E-state index contributed by atoms with van der Waals surface area (Å²) >= 11 is 0. The minimum Gasteiger partial charge on any atom is -0.377 e. The number of ketones is 1.